The summed E-state index contributed by atoms with van der Waals surface area (Å²) < 4.78 is 5.82. The number of aliphatic hydroxyl groups excluding tert-OH is 1. The third-order valence-corrected chi connectivity index (χ3v) is 3.68. The van der Waals surface area contributed by atoms with E-state index >= 15 is 0 Å². The lowest BCUT2D eigenvalue weighted by molar-refractivity contribution is -0.116. The van der Waals surface area contributed by atoms with E-state index in [-0.39, 0.29) is 18.1 Å². The highest BCUT2D eigenvalue weighted by molar-refractivity contribution is 5.93. The Bertz CT molecular complexity index is 472. The molecule has 0 radical (unpaired) electrons. The van der Waals surface area contributed by atoms with E-state index in [4.69, 9.17) is 4.74 Å². The molecule has 1 amide bonds. The zero-order chi connectivity index (χ0) is 12.5. The second kappa shape index (κ2) is 4.61. The summed E-state index contributed by atoms with van der Waals surface area (Å²) in [6.45, 7) is 0. The molecule has 1 aliphatic carbocycles. The molecule has 4 nitrogen and oxygen atoms in total. The van der Waals surface area contributed by atoms with Crippen LogP contribution < -0.4 is 10.1 Å². The minimum Gasteiger partial charge on any atom is -0.488 e. The number of aliphatic hydroxyl groups is 1. The molecule has 0 saturated heterocycles. The van der Waals surface area contributed by atoms with Crippen molar-refractivity contribution >= 4 is 11.6 Å². The summed E-state index contributed by atoms with van der Waals surface area (Å²) in [7, 11) is 0. The quantitative estimate of drug-likeness (QED) is 0.838. The molecule has 18 heavy (non-hydrogen) atoms. The lowest BCUT2D eigenvalue weighted by Gasteiger charge is -2.20. The van der Waals surface area contributed by atoms with Gasteiger partial charge in [0, 0.05) is 12.1 Å². The highest BCUT2D eigenvalue weighted by Crippen LogP contribution is 2.30. The van der Waals surface area contributed by atoms with Crippen LogP contribution in [0.25, 0.3) is 0 Å². The fourth-order valence-electron chi connectivity index (χ4n) is 2.65. The summed E-state index contributed by atoms with van der Waals surface area (Å²) in [6.07, 6.45) is 3.61. The van der Waals surface area contributed by atoms with Gasteiger partial charge in [0.1, 0.15) is 11.9 Å². The van der Waals surface area contributed by atoms with Gasteiger partial charge in [0.15, 0.2) is 0 Å². The van der Waals surface area contributed by atoms with E-state index in [0.29, 0.717) is 6.42 Å². The Kier molecular flexibility index (Phi) is 2.96. The molecule has 0 bridgehead atoms. The summed E-state index contributed by atoms with van der Waals surface area (Å²) in [5.41, 5.74) is 1.99. The number of rotatable bonds is 2. The van der Waals surface area contributed by atoms with Gasteiger partial charge in [0.2, 0.25) is 5.91 Å². The van der Waals surface area contributed by atoms with Crippen LogP contribution in [-0.4, -0.2) is 23.2 Å². The maximum absolute atomic E-state index is 11.3. The molecular formula is C14H17NO3. The summed E-state index contributed by atoms with van der Waals surface area (Å²) in [5.74, 6) is 0.859. The normalized spacial score (nSPS) is 26.6. The predicted octanol–water partition coefficient (Wildman–Crippen LogP) is 1.86. The molecule has 96 valence electrons. The fraction of sp³-hybridized carbons (Fsp3) is 0.500. The van der Waals surface area contributed by atoms with Crippen molar-refractivity contribution < 1.29 is 14.6 Å². The molecule has 0 spiro atoms. The molecule has 2 atom stereocenters. The summed E-state index contributed by atoms with van der Waals surface area (Å²) in [4.78, 5) is 11.3. The SMILES string of the molecule is O=C1CCc2cc(O[C@H]3CCC[C@@H]3O)ccc2N1. The van der Waals surface area contributed by atoms with Gasteiger partial charge < -0.3 is 15.2 Å². The Hall–Kier alpha value is -1.55. The van der Waals surface area contributed by atoms with Gasteiger partial charge in [-0.2, -0.15) is 0 Å². The van der Waals surface area contributed by atoms with Crippen LogP contribution in [-0.2, 0) is 11.2 Å². The van der Waals surface area contributed by atoms with Crippen molar-refractivity contribution in [2.24, 2.45) is 0 Å². The Morgan fingerprint density at radius 1 is 1.28 bits per heavy atom. The molecule has 2 aliphatic rings. The fourth-order valence-corrected chi connectivity index (χ4v) is 2.65. The van der Waals surface area contributed by atoms with Crippen molar-refractivity contribution in [2.45, 2.75) is 44.3 Å². The number of carbonyl (C=O) groups excluding carboxylic acids is 1. The smallest absolute Gasteiger partial charge is 0.224 e. The molecule has 2 N–H and O–H groups in total. The van der Waals surface area contributed by atoms with E-state index in [1.165, 1.54) is 0 Å². The Morgan fingerprint density at radius 2 is 2.17 bits per heavy atom. The van der Waals surface area contributed by atoms with Crippen LogP contribution in [0.15, 0.2) is 18.2 Å². The average Bonchev–Trinajstić information content (AvgIpc) is 2.75. The summed E-state index contributed by atoms with van der Waals surface area (Å²) in [5, 5.41) is 12.6. The molecule has 1 fully saturated rings. The van der Waals surface area contributed by atoms with Gasteiger partial charge in [-0.1, -0.05) is 0 Å². The molecule has 4 heteroatoms. The zero-order valence-corrected chi connectivity index (χ0v) is 10.2. The number of benzene rings is 1. The van der Waals surface area contributed by atoms with Crippen LogP contribution in [0.2, 0.25) is 0 Å². The molecular weight excluding hydrogens is 230 g/mol. The summed E-state index contributed by atoms with van der Waals surface area (Å²) in [6, 6.07) is 5.71. The molecule has 1 saturated carbocycles. The standard InChI is InChI=1S/C14H17NO3/c16-12-2-1-3-13(12)18-10-5-6-11-9(8-10)4-7-14(17)15-11/h5-6,8,12-13,16H,1-4,7H2,(H,15,17)/t12-,13-/m0/s1. The van der Waals surface area contributed by atoms with Crippen molar-refractivity contribution in [1.29, 1.82) is 0 Å². The first kappa shape index (κ1) is 11.5. The van der Waals surface area contributed by atoms with E-state index in [0.717, 1.165) is 42.7 Å². The molecule has 1 aliphatic heterocycles. The Balaban J connectivity index is 1.76. The van der Waals surface area contributed by atoms with Crippen molar-refractivity contribution in [3.8, 4) is 5.75 Å². The number of anilines is 1. The van der Waals surface area contributed by atoms with Crippen LogP contribution in [0.4, 0.5) is 5.69 Å². The Labute approximate surface area is 106 Å². The molecule has 0 aromatic heterocycles. The molecule has 1 heterocycles. The van der Waals surface area contributed by atoms with Crippen LogP contribution >= 0.6 is 0 Å². The number of hydrogen-bond donors (Lipinski definition) is 2. The first-order valence-electron chi connectivity index (χ1n) is 6.50. The van der Waals surface area contributed by atoms with Gasteiger partial charge >= 0.3 is 0 Å². The molecule has 0 unspecified atom stereocenters. The molecule has 1 aromatic carbocycles. The van der Waals surface area contributed by atoms with Gasteiger partial charge in [-0.25, -0.2) is 0 Å². The monoisotopic (exact) mass is 247 g/mol. The average molecular weight is 247 g/mol. The lowest BCUT2D eigenvalue weighted by Crippen LogP contribution is -2.26. The number of fused-ring (bicyclic) bond motifs is 1. The van der Waals surface area contributed by atoms with Gasteiger partial charge in [0.25, 0.3) is 0 Å². The maximum Gasteiger partial charge on any atom is 0.224 e. The molecule has 1 aromatic rings. The zero-order valence-electron chi connectivity index (χ0n) is 10.2. The largest absolute Gasteiger partial charge is 0.488 e. The second-order valence-electron chi connectivity index (χ2n) is 5.02. The van der Waals surface area contributed by atoms with Crippen molar-refractivity contribution in [3.63, 3.8) is 0 Å². The van der Waals surface area contributed by atoms with E-state index in [2.05, 4.69) is 5.32 Å². The van der Waals surface area contributed by atoms with Crippen LogP contribution in [0.3, 0.4) is 0 Å². The van der Waals surface area contributed by atoms with E-state index < -0.39 is 0 Å². The van der Waals surface area contributed by atoms with Crippen LogP contribution in [0.5, 0.6) is 5.75 Å². The van der Waals surface area contributed by atoms with Crippen LogP contribution in [0, 0.1) is 0 Å². The van der Waals surface area contributed by atoms with Crippen LogP contribution in [0.1, 0.15) is 31.2 Å². The van der Waals surface area contributed by atoms with Gasteiger partial charge in [-0.15, -0.1) is 0 Å². The number of carbonyl (C=O) groups is 1. The van der Waals surface area contributed by atoms with E-state index in [9.17, 15) is 9.90 Å². The third kappa shape index (κ3) is 2.20. The highest BCUT2D eigenvalue weighted by atomic mass is 16.5. The first-order chi connectivity index (χ1) is 8.72. The number of hydrogen-bond acceptors (Lipinski definition) is 3. The van der Waals surface area contributed by atoms with Gasteiger partial charge in [-0.05, 0) is 49.4 Å². The number of ether oxygens (including phenoxy) is 1. The summed E-state index contributed by atoms with van der Waals surface area (Å²) >= 11 is 0. The minimum absolute atomic E-state index is 0.0717. The highest BCUT2D eigenvalue weighted by Gasteiger charge is 2.27. The van der Waals surface area contributed by atoms with Gasteiger partial charge in [-0.3, -0.25) is 4.79 Å². The third-order valence-electron chi connectivity index (χ3n) is 3.68. The minimum atomic E-state index is -0.347. The number of nitrogens with one attached hydrogen (secondary N) is 1. The number of amides is 1. The van der Waals surface area contributed by atoms with E-state index in [1.807, 2.05) is 18.2 Å². The first-order valence-corrected chi connectivity index (χ1v) is 6.50. The molecule has 3 rings (SSSR count). The van der Waals surface area contributed by atoms with Crippen molar-refractivity contribution in [3.05, 3.63) is 23.8 Å². The van der Waals surface area contributed by atoms with Gasteiger partial charge in [0.05, 0.1) is 6.10 Å². The second-order valence-corrected chi connectivity index (χ2v) is 5.02. The van der Waals surface area contributed by atoms with Crippen molar-refractivity contribution in [1.82, 2.24) is 0 Å². The lowest BCUT2D eigenvalue weighted by atomic mass is 10.0. The predicted molar refractivity (Wildman–Crippen MR) is 67.7 cm³/mol. The topological polar surface area (TPSA) is 58.6 Å². The van der Waals surface area contributed by atoms with E-state index in [1.54, 1.807) is 0 Å². The van der Waals surface area contributed by atoms with Crippen molar-refractivity contribution in [2.75, 3.05) is 5.32 Å². The Morgan fingerprint density at radius 3 is 2.94 bits per heavy atom. The maximum atomic E-state index is 11.3. The number of aryl methyl sites for hydroxylation is 1.